The minimum Gasteiger partial charge on any atom is -0.508 e. The summed E-state index contributed by atoms with van der Waals surface area (Å²) >= 11 is 3.71. The van der Waals surface area contributed by atoms with Crippen LogP contribution in [0.25, 0.3) is 0 Å². The number of hydrogen-bond acceptors (Lipinski definition) is 10. The highest BCUT2D eigenvalue weighted by Crippen LogP contribution is 2.60. The molecule has 326 valence electrons. The molecule has 4 aromatic rings. The zero-order valence-electron chi connectivity index (χ0n) is 37.2. The predicted molar refractivity (Wildman–Crippen MR) is 239 cm³/mol. The van der Waals surface area contributed by atoms with Crippen LogP contribution in [0.5, 0.6) is 11.6 Å². The number of hydrogen-bond donors (Lipinski definition) is 1. The van der Waals surface area contributed by atoms with Gasteiger partial charge in [-0.15, -0.1) is 0 Å². The molecule has 0 aliphatic heterocycles. The third kappa shape index (κ3) is 8.17. The van der Waals surface area contributed by atoms with Crippen molar-refractivity contribution in [2.45, 2.75) is 104 Å². The first-order valence-electron chi connectivity index (χ1n) is 21.0. The summed E-state index contributed by atoms with van der Waals surface area (Å²) in [6.07, 6.45) is 0.302. The van der Waals surface area contributed by atoms with Crippen LogP contribution in [0.4, 0.5) is 4.39 Å². The van der Waals surface area contributed by atoms with Gasteiger partial charge in [0, 0.05) is 35.7 Å². The lowest BCUT2D eigenvalue weighted by atomic mass is 9.58. The lowest BCUT2D eigenvalue weighted by molar-refractivity contribution is -0.0481. The summed E-state index contributed by atoms with van der Waals surface area (Å²) in [5.41, 5.74) is 0.418. The van der Waals surface area contributed by atoms with E-state index in [1.807, 2.05) is 99.8 Å². The largest absolute Gasteiger partial charge is 0.508 e. The van der Waals surface area contributed by atoms with Crippen LogP contribution >= 0.6 is 15.9 Å². The third-order valence-electron chi connectivity index (χ3n) is 12.8. The molecule has 4 atom stereocenters. The minimum absolute atomic E-state index is 0.0147. The van der Waals surface area contributed by atoms with E-state index in [4.69, 9.17) is 18.4 Å². The first-order chi connectivity index (χ1) is 28.6. The molecule has 13 heteroatoms. The van der Waals surface area contributed by atoms with Crippen LogP contribution in [0, 0.1) is 23.1 Å². The molecule has 3 aliphatic rings. The monoisotopic (exact) mass is 915 g/mol. The van der Waals surface area contributed by atoms with Crippen LogP contribution in [0.15, 0.2) is 81.0 Å². The zero-order valence-corrected chi connectivity index (χ0v) is 39.8. The van der Waals surface area contributed by atoms with Crippen molar-refractivity contribution in [1.82, 2.24) is 15.0 Å². The fraction of sp³-hybridized carbons (Fsp3) is 0.479. The number of carbonyl (C=O) groups excluding carboxylic acids is 2. The Morgan fingerprint density at radius 3 is 2.08 bits per heavy atom. The maximum absolute atomic E-state index is 17.3. The van der Waals surface area contributed by atoms with E-state index in [2.05, 4.69) is 67.5 Å². The molecule has 0 spiro atoms. The van der Waals surface area contributed by atoms with Gasteiger partial charge >= 0.3 is 0 Å². The quantitative estimate of drug-likeness (QED) is 0.138. The summed E-state index contributed by atoms with van der Waals surface area (Å²) in [7, 11) is 2.75. The van der Waals surface area contributed by atoms with Crippen molar-refractivity contribution in [2.24, 2.45) is 17.3 Å². The number of halogens is 2. The van der Waals surface area contributed by atoms with Crippen LogP contribution in [-0.4, -0.2) is 73.2 Å². The number of fused-ring (bicyclic) bond motifs is 4. The van der Waals surface area contributed by atoms with E-state index in [1.54, 1.807) is 0 Å². The molecule has 1 heterocycles. The number of aliphatic hydroxyl groups excluding tert-OH is 1. The van der Waals surface area contributed by atoms with Gasteiger partial charge in [0.05, 0.1) is 16.1 Å². The Balaban J connectivity index is 1.43. The van der Waals surface area contributed by atoms with Crippen molar-refractivity contribution in [1.29, 1.82) is 0 Å². The molecule has 0 amide bonds. The summed E-state index contributed by atoms with van der Waals surface area (Å²) in [6.45, 7) is 17.8. The molecule has 61 heavy (non-hydrogen) atoms. The van der Waals surface area contributed by atoms with E-state index in [0.29, 0.717) is 22.3 Å². The lowest BCUT2D eigenvalue weighted by Gasteiger charge is -2.55. The van der Waals surface area contributed by atoms with Gasteiger partial charge in [0.2, 0.25) is 5.78 Å². The van der Waals surface area contributed by atoms with Crippen molar-refractivity contribution < 1.29 is 37.5 Å². The predicted octanol–water partition coefficient (Wildman–Crippen LogP) is 10.7. The van der Waals surface area contributed by atoms with Gasteiger partial charge in [-0.3, -0.25) is 14.5 Å². The second-order valence-electron chi connectivity index (χ2n) is 20.0. The Morgan fingerprint density at radius 2 is 1.52 bits per heavy atom. The highest BCUT2D eigenvalue weighted by Gasteiger charge is 2.67. The standard InChI is InChI=1S/C48H59BrFN3O7Si/c1-46(2,3)27-53(9)24-32-37(49)41(57-25-28-18-14-12-15-19-28)35-31(38(32)50)22-30-23-33-39(52(7)8)42-36(45(51-59-42)58-26-29-20-16-13-17-21-29)44(56)48(33,43(55)34(30)40(35)54)60-61(10,11)47(4,5)6/h12-21,30,33,39,55H,22-27H2,1-11H3/t30-,33-,39-,48-/m0/s1. The van der Waals surface area contributed by atoms with Gasteiger partial charge in [-0.05, 0) is 95.7 Å². The molecular weight excluding hydrogens is 858 g/mol. The number of aromatic nitrogens is 1. The van der Waals surface area contributed by atoms with Gasteiger partial charge in [-0.1, -0.05) is 102 Å². The lowest BCUT2D eigenvalue weighted by Crippen LogP contribution is -2.65. The number of aliphatic hydroxyl groups is 1. The summed E-state index contributed by atoms with van der Waals surface area (Å²) < 4.78 is 43.8. The molecule has 1 N–H and O–H groups in total. The molecule has 0 unspecified atom stereocenters. The van der Waals surface area contributed by atoms with Crippen LogP contribution < -0.4 is 9.47 Å². The molecular formula is C48H59BrFN3O7Si. The van der Waals surface area contributed by atoms with Crippen molar-refractivity contribution in [3.63, 3.8) is 0 Å². The summed E-state index contributed by atoms with van der Waals surface area (Å²) in [4.78, 5) is 35.1. The highest BCUT2D eigenvalue weighted by atomic mass is 79.9. The van der Waals surface area contributed by atoms with Crippen LogP contribution in [0.1, 0.15) is 103 Å². The van der Waals surface area contributed by atoms with E-state index in [1.165, 1.54) is 0 Å². The van der Waals surface area contributed by atoms with Crippen LogP contribution in [0.3, 0.4) is 0 Å². The number of carbonyl (C=O) groups is 2. The smallest absolute Gasteiger partial charge is 0.265 e. The molecule has 0 radical (unpaired) electrons. The maximum atomic E-state index is 17.3. The van der Waals surface area contributed by atoms with Gasteiger partial charge in [0.25, 0.3) is 5.88 Å². The normalized spacial score (nSPS) is 21.7. The molecule has 1 aromatic heterocycles. The number of ether oxygens (including phenoxy) is 2. The Morgan fingerprint density at radius 1 is 0.934 bits per heavy atom. The average molecular weight is 917 g/mol. The molecule has 3 aromatic carbocycles. The molecule has 7 rings (SSSR count). The number of ketones is 2. The van der Waals surface area contributed by atoms with Gasteiger partial charge in [-0.2, -0.15) is 0 Å². The summed E-state index contributed by atoms with van der Waals surface area (Å²) in [5.74, 6) is -3.04. The second-order valence-corrected chi connectivity index (χ2v) is 25.5. The summed E-state index contributed by atoms with van der Waals surface area (Å²) in [6, 6.07) is 18.4. The number of allylic oxidation sites excluding steroid dienone is 1. The van der Waals surface area contributed by atoms with Gasteiger partial charge in [0.1, 0.15) is 36.1 Å². The van der Waals surface area contributed by atoms with E-state index in [-0.39, 0.29) is 71.9 Å². The van der Waals surface area contributed by atoms with E-state index >= 15 is 14.0 Å². The van der Waals surface area contributed by atoms with E-state index in [9.17, 15) is 5.11 Å². The Bertz CT molecular complexity index is 2350. The van der Waals surface area contributed by atoms with Crippen molar-refractivity contribution in [2.75, 3.05) is 27.7 Å². The zero-order chi connectivity index (χ0) is 44.4. The molecule has 0 fully saturated rings. The molecule has 10 nitrogen and oxygen atoms in total. The Labute approximate surface area is 368 Å². The fourth-order valence-electron chi connectivity index (χ4n) is 9.20. The second kappa shape index (κ2) is 16.5. The van der Waals surface area contributed by atoms with Gasteiger partial charge in [-0.25, -0.2) is 4.39 Å². The first kappa shape index (κ1) is 44.9. The fourth-order valence-corrected chi connectivity index (χ4v) is 11.3. The number of rotatable bonds is 12. The van der Waals surface area contributed by atoms with Gasteiger partial charge in [0.15, 0.2) is 25.5 Å². The minimum atomic E-state index is -2.95. The first-order valence-corrected chi connectivity index (χ1v) is 24.7. The van der Waals surface area contributed by atoms with E-state index < -0.39 is 60.0 Å². The maximum Gasteiger partial charge on any atom is 0.265 e. The SMILES string of the molecule is CN(Cc1c(F)c2c(c(OCc3ccccc3)c1Br)C(=O)C1=C(O)[C@]3(O[Si](C)(C)C(C)(C)C)C(=O)c4c(OCc5ccccc5)noc4[C@@H](N(C)C)[C@@H]3C[C@@H]1C2)CC(C)(C)C. The van der Waals surface area contributed by atoms with Crippen molar-refractivity contribution in [3.8, 4) is 11.6 Å². The topological polar surface area (TPSA) is 115 Å². The highest BCUT2D eigenvalue weighted by molar-refractivity contribution is 9.10. The van der Waals surface area contributed by atoms with E-state index in [0.717, 1.165) is 11.1 Å². The van der Waals surface area contributed by atoms with Crippen LogP contribution in [-0.2, 0) is 30.6 Å². The molecule has 3 aliphatic carbocycles. The summed E-state index contributed by atoms with van der Waals surface area (Å²) in [5, 5.41) is 17.0. The number of Topliss-reactive ketones (excluding diaryl/α,β-unsaturated/α-hetero) is 2. The Hall–Kier alpha value is -4.14. The average Bonchev–Trinajstić information content (AvgIpc) is 3.60. The van der Waals surface area contributed by atoms with Gasteiger partial charge < -0.3 is 28.4 Å². The molecule has 0 saturated heterocycles. The number of nitrogens with zero attached hydrogens (tertiary/aromatic N) is 3. The Kier molecular flexibility index (Phi) is 12.2. The number of benzene rings is 3. The van der Waals surface area contributed by atoms with Crippen molar-refractivity contribution >= 4 is 35.8 Å². The molecule has 0 saturated carbocycles. The third-order valence-corrected chi connectivity index (χ3v) is 18.1. The van der Waals surface area contributed by atoms with Crippen LogP contribution in [0.2, 0.25) is 18.1 Å². The molecule has 0 bridgehead atoms. The van der Waals surface area contributed by atoms with Crippen molar-refractivity contribution in [3.05, 3.63) is 121 Å².